The van der Waals surface area contributed by atoms with Gasteiger partial charge in [0, 0.05) is 25.9 Å². The Labute approximate surface area is 118 Å². The highest BCUT2D eigenvalue weighted by atomic mass is 16.3. The van der Waals surface area contributed by atoms with Gasteiger partial charge in [-0.2, -0.15) is 5.10 Å². The van der Waals surface area contributed by atoms with Crippen LogP contribution in [-0.4, -0.2) is 27.8 Å². The number of amides is 2. The van der Waals surface area contributed by atoms with Crippen molar-refractivity contribution < 1.29 is 9.21 Å². The van der Waals surface area contributed by atoms with Crippen LogP contribution in [0, 0.1) is 0 Å². The number of nitrogens with zero attached hydrogens (tertiary/aromatic N) is 3. The van der Waals surface area contributed by atoms with Gasteiger partial charge in [0.05, 0.1) is 24.5 Å². The minimum absolute atomic E-state index is 0.0950. The Balaban J connectivity index is 1.97. The Morgan fingerprint density at radius 1 is 1.50 bits per heavy atom. The van der Waals surface area contributed by atoms with Gasteiger partial charge in [0.25, 0.3) is 0 Å². The molecule has 2 atom stereocenters. The van der Waals surface area contributed by atoms with Crippen LogP contribution >= 0.6 is 0 Å². The summed E-state index contributed by atoms with van der Waals surface area (Å²) in [5, 5.41) is 7.05. The van der Waals surface area contributed by atoms with Crippen LogP contribution in [0.25, 0.3) is 0 Å². The molecule has 1 N–H and O–H groups in total. The van der Waals surface area contributed by atoms with Gasteiger partial charge < -0.3 is 14.6 Å². The molecule has 0 bridgehead atoms. The van der Waals surface area contributed by atoms with E-state index in [9.17, 15) is 4.79 Å². The highest BCUT2D eigenvalue weighted by Gasteiger charge is 2.21. The second-order valence-corrected chi connectivity index (χ2v) is 4.92. The quantitative estimate of drug-likeness (QED) is 0.933. The number of hydrogen-bond donors (Lipinski definition) is 1. The van der Waals surface area contributed by atoms with Crippen LogP contribution < -0.4 is 5.32 Å². The van der Waals surface area contributed by atoms with E-state index in [2.05, 4.69) is 10.4 Å². The molecule has 108 valence electrons. The van der Waals surface area contributed by atoms with Crippen LogP contribution in [-0.2, 0) is 7.05 Å². The number of furan rings is 1. The van der Waals surface area contributed by atoms with Gasteiger partial charge in [-0.1, -0.05) is 0 Å². The molecule has 2 aromatic rings. The number of carbonyl (C=O) groups excluding carboxylic acids is 1. The Bertz CT molecular complexity index is 562. The number of nitrogens with one attached hydrogen (secondary N) is 1. The summed E-state index contributed by atoms with van der Waals surface area (Å²) in [5.74, 6) is 0.761. The summed E-state index contributed by atoms with van der Waals surface area (Å²) < 4.78 is 7.04. The number of aromatic nitrogens is 2. The fourth-order valence-electron chi connectivity index (χ4n) is 1.93. The van der Waals surface area contributed by atoms with Crippen molar-refractivity contribution in [1.29, 1.82) is 0 Å². The molecule has 0 saturated heterocycles. The zero-order valence-corrected chi connectivity index (χ0v) is 12.2. The molecule has 0 aliphatic heterocycles. The lowest BCUT2D eigenvalue weighted by molar-refractivity contribution is 0.184. The largest absolute Gasteiger partial charge is 0.467 e. The van der Waals surface area contributed by atoms with Gasteiger partial charge in [-0.3, -0.25) is 4.68 Å². The van der Waals surface area contributed by atoms with Crippen molar-refractivity contribution in [3.05, 3.63) is 42.1 Å². The van der Waals surface area contributed by atoms with Gasteiger partial charge in [-0.15, -0.1) is 0 Å². The van der Waals surface area contributed by atoms with Crippen LogP contribution in [0.2, 0.25) is 0 Å². The summed E-state index contributed by atoms with van der Waals surface area (Å²) in [4.78, 5) is 13.8. The summed E-state index contributed by atoms with van der Waals surface area (Å²) in [6, 6.07) is 3.31. The second kappa shape index (κ2) is 5.81. The van der Waals surface area contributed by atoms with E-state index in [0.29, 0.717) is 0 Å². The number of aryl methyl sites for hydroxylation is 1. The normalized spacial score (nSPS) is 13.8. The smallest absolute Gasteiger partial charge is 0.318 e. The van der Waals surface area contributed by atoms with Crippen LogP contribution in [0.4, 0.5) is 4.79 Å². The Morgan fingerprint density at radius 3 is 2.80 bits per heavy atom. The molecule has 0 aromatic carbocycles. The van der Waals surface area contributed by atoms with E-state index in [1.54, 1.807) is 29.1 Å². The third kappa shape index (κ3) is 3.01. The molecular formula is C14H20N4O2. The van der Waals surface area contributed by atoms with Gasteiger partial charge in [-0.25, -0.2) is 4.79 Å². The minimum Gasteiger partial charge on any atom is -0.467 e. The average molecular weight is 276 g/mol. The molecule has 2 heterocycles. The van der Waals surface area contributed by atoms with Crippen LogP contribution in [0.15, 0.2) is 35.2 Å². The van der Waals surface area contributed by atoms with Gasteiger partial charge in [0.1, 0.15) is 5.76 Å². The first-order valence-electron chi connectivity index (χ1n) is 6.54. The zero-order valence-electron chi connectivity index (χ0n) is 12.2. The standard InChI is InChI=1S/C14H20N4O2/c1-10(12-8-15-17(3)9-12)16-14(19)18(4)11(2)13-6-5-7-20-13/h5-11H,1-4H3,(H,16,19). The molecule has 2 amide bonds. The lowest BCUT2D eigenvalue weighted by Gasteiger charge is -2.25. The molecule has 2 rings (SSSR count). The number of urea groups is 1. The third-order valence-corrected chi connectivity index (χ3v) is 3.42. The fraction of sp³-hybridized carbons (Fsp3) is 0.429. The first-order chi connectivity index (χ1) is 9.49. The summed E-state index contributed by atoms with van der Waals surface area (Å²) in [6.07, 6.45) is 5.25. The molecule has 0 fully saturated rings. The van der Waals surface area contributed by atoms with Crippen molar-refractivity contribution in [2.75, 3.05) is 7.05 Å². The molecule has 2 unspecified atom stereocenters. The SMILES string of the molecule is CC(NC(=O)N(C)C(C)c1ccco1)c1cnn(C)c1. The number of rotatable bonds is 4. The second-order valence-electron chi connectivity index (χ2n) is 4.92. The molecule has 6 heteroatoms. The van der Waals surface area contributed by atoms with E-state index in [1.807, 2.05) is 39.2 Å². The van der Waals surface area contributed by atoms with E-state index in [-0.39, 0.29) is 18.1 Å². The van der Waals surface area contributed by atoms with Gasteiger partial charge in [-0.05, 0) is 26.0 Å². The van der Waals surface area contributed by atoms with Crippen LogP contribution in [0.1, 0.15) is 37.3 Å². The van der Waals surface area contributed by atoms with Gasteiger partial charge in [0.15, 0.2) is 0 Å². The Kier molecular flexibility index (Phi) is 4.12. The molecular weight excluding hydrogens is 256 g/mol. The van der Waals surface area contributed by atoms with Crippen molar-refractivity contribution in [2.24, 2.45) is 7.05 Å². The molecule has 0 saturated carbocycles. The third-order valence-electron chi connectivity index (χ3n) is 3.42. The minimum atomic E-state index is -0.148. The maximum Gasteiger partial charge on any atom is 0.318 e. The van der Waals surface area contributed by atoms with E-state index in [4.69, 9.17) is 4.42 Å². The van der Waals surface area contributed by atoms with E-state index < -0.39 is 0 Å². The molecule has 0 aliphatic carbocycles. The summed E-state index contributed by atoms with van der Waals surface area (Å²) in [5.41, 5.74) is 0.972. The van der Waals surface area contributed by atoms with E-state index >= 15 is 0 Å². The summed E-state index contributed by atoms with van der Waals surface area (Å²) in [6.45, 7) is 3.85. The highest BCUT2D eigenvalue weighted by molar-refractivity contribution is 5.74. The number of hydrogen-bond acceptors (Lipinski definition) is 3. The molecule has 0 spiro atoms. The highest BCUT2D eigenvalue weighted by Crippen LogP contribution is 2.20. The van der Waals surface area contributed by atoms with Gasteiger partial charge in [0.2, 0.25) is 0 Å². The predicted molar refractivity (Wildman–Crippen MR) is 75.0 cm³/mol. The van der Waals surface area contributed by atoms with E-state index in [0.717, 1.165) is 11.3 Å². The molecule has 0 radical (unpaired) electrons. The predicted octanol–water partition coefficient (Wildman–Crippen LogP) is 2.48. The lowest BCUT2D eigenvalue weighted by Crippen LogP contribution is -2.39. The fourth-order valence-corrected chi connectivity index (χ4v) is 1.93. The van der Waals surface area contributed by atoms with Crippen molar-refractivity contribution in [3.8, 4) is 0 Å². The summed E-state index contributed by atoms with van der Waals surface area (Å²) >= 11 is 0. The maximum absolute atomic E-state index is 12.2. The zero-order chi connectivity index (χ0) is 14.7. The first kappa shape index (κ1) is 14.2. The topological polar surface area (TPSA) is 63.3 Å². The maximum atomic E-state index is 12.2. The summed E-state index contributed by atoms with van der Waals surface area (Å²) in [7, 11) is 3.60. The average Bonchev–Trinajstić information content (AvgIpc) is 3.07. The van der Waals surface area contributed by atoms with Crippen molar-refractivity contribution in [3.63, 3.8) is 0 Å². The number of carbonyl (C=O) groups is 1. The van der Waals surface area contributed by atoms with E-state index in [1.165, 1.54) is 0 Å². The Morgan fingerprint density at radius 2 is 2.25 bits per heavy atom. The molecule has 0 aliphatic rings. The Hall–Kier alpha value is -2.24. The van der Waals surface area contributed by atoms with Crippen molar-refractivity contribution >= 4 is 6.03 Å². The van der Waals surface area contributed by atoms with Crippen molar-refractivity contribution in [2.45, 2.75) is 25.9 Å². The van der Waals surface area contributed by atoms with Crippen molar-refractivity contribution in [1.82, 2.24) is 20.0 Å². The van der Waals surface area contributed by atoms with Gasteiger partial charge >= 0.3 is 6.03 Å². The molecule has 6 nitrogen and oxygen atoms in total. The van der Waals surface area contributed by atoms with Crippen LogP contribution in [0.3, 0.4) is 0 Å². The first-order valence-corrected chi connectivity index (χ1v) is 6.54. The monoisotopic (exact) mass is 276 g/mol. The molecule has 2 aromatic heterocycles. The van der Waals surface area contributed by atoms with Crippen LogP contribution in [0.5, 0.6) is 0 Å². The lowest BCUT2D eigenvalue weighted by atomic mass is 10.2. The molecule has 20 heavy (non-hydrogen) atoms.